The van der Waals surface area contributed by atoms with E-state index in [1.165, 1.54) is 11.3 Å². The molecule has 3 N–H and O–H groups in total. The Bertz CT molecular complexity index is 422. The monoisotopic (exact) mass is 275 g/mol. The first-order valence-corrected chi connectivity index (χ1v) is 7.54. The predicted octanol–water partition coefficient (Wildman–Crippen LogP) is 1.89. The van der Waals surface area contributed by atoms with Crippen LogP contribution in [0.1, 0.15) is 31.7 Å². The minimum Gasteiger partial charge on any atom is -0.371 e. The van der Waals surface area contributed by atoms with Gasteiger partial charge in [0.1, 0.15) is 0 Å². The molecule has 4 heteroatoms. The Balaban J connectivity index is 1.86. The van der Waals surface area contributed by atoms with Crippen molar-refractivity contribution in [2.45, 2.75) is 32.7 Å². The first-order chi connectivity index (χ1) is 9.70. The first-order valence-electron chi connectivity index (χ1n) is 7.54. The highest BCUT2D eigenvalue weighted by atomic mass is 16.1. The summed E-state index contributed by atoms with van der Waals surface area (Å²) >= 11 is 0. The number of carbonyl (C=O) groups excluding carboxylic acids is 1. The Morgan fingerprint density at radius 3 is 2.50 bits per heavy atom. The average Bonchev–Trinajstić information content (AvgIpc) is 2.48. The summed E-state index contributed by atoms with van der Waals surface area (Å²) < 4.78 is 0. The third-order valence-electron chi connectivity index (χ3n) is 3.95. The van der Waals surface area contributed by atoms with E-state index in [1.54, 1.807) is 0 Å². The molecule has 0 unspecified atom stereocenters. The fourth-order valence-corrected chi connectivity index (χ4v) is 2.66. The van der Waals surface area contributed by atoms with Crippen LogP contribution in [0.3, 0.4) is 0 Å². The van der Waals surface area contributed by atoms with Gasteiger partial charge in [0.15, 0.2) is 0 Å². The molecule has 1 amide bonds. The van der Waals surface area contributed by atoms with Crippen molar-refractivity contribution >= 4 is 11.6 Å². The van der Waals surface area contributed by atoms with Gasteiger partial charge < -0.3 is 16.0 Å². The maximum absolute atomic E-state index is 11.2. The number of anilines is 1. The summed E-state index contributed by atoms with van der Waals surface area (Å²) in [6.45, 7) is 5.99. The fraction of sp³-hybridized carbons (Fsp3) is 0.562. The number of amides is 1. The van der Waals surface area contributed by atoms with E-state index in [0.717, 1.165) is 45.4 Å². The minimum atomic E-state index is -0.151. The van der Waals surface area contributed by atoms with Gasteiger partial charge >= 0.3 is 0 Å². The molecule has 110 valence electrons. The Labute approximate surface area is 121 Å². The highest BCUT2D eigenvalue weighted by molar-refractivity contribution is 5.77. The van der Waals surface area contributed by atoms with Crippen molar-refractivity contribution in [3.05, 3.63) is 29.8 Å². The summed E-state index contributed by atoms with van der Waals surface area (Å²) in [5.41, 5.74) is 7.92. The standard InChI is InChI=1S/C16H25N3O/c1-2-9-18-12-13-3-5-15(6-4-13)19-10-7-14(8-11-19)16(17)20/h3-6,14,18H,2,7-12H2,1H3,(H2,17,20). The van der Waals surface area contributed by atoms with Gasteiger partial charge in [0.2, 0.25) is 5.91 Å². The van der Waals surface area contributed by atoms with Crippen molar-refractivity contribution in [3.63, 3.8) is 0 Å². The zero-order valence-electron chi connectivity index (χ0n) is 12.3. The Morgan fingerprint density at radius 1 is 1.30 bits per heavy atom. The van der Waals surface area contributed by atoms with Crippen LogP contribution in [0.15, 0.2) is 24.3 Å². The molecular weight excluding hydrogens is 250 g/mol. The van der Waals surface area contributed by atoms with Crippen molar-refractivity contribution in [2.75, 3.05) is 24.5 Å². The van der Waals surface area contributed by atoms with Crippen molar-refractivity contribution in [2.24, 2.45) is 11.7 Å². The number of nitrogens with zero attached hydrogens (tertiary/aromatic N) is 1. The number of rotatable bonds is 6. The average molecular weight is 275 g/mol. The van der Waals surface area contributed by atoms with Gasteiger partial charge in [-0.3, -0.25) is 4.79 Å². The molecule has 0 radical (unpaired) electrons. The highest BCUT2D eigenvalue weighted by Gasteiger charge is 2.22. The second kappa shape index (κ2) is 7.29. The van der Waals surface area contributed by atoms with Crippen LogP contribution in [-0.4, -0.2) is 25.5 Å². The van der Waals surface area contributed by atoms with Crippen molar-refractivity contribution in [1.29, 1.82) is 0 Å². The van der Waals surface area contributed by atoms with Crippen LogP contribution < -0.4 is 16.0 Å². The van der Waals surface area contributed by atoms with Crippen molar-refractivity contribution < 1.29 is 4.79 Å². The van der Waals surface area contributed by atoms with Gasteiger partial charge in [-0.2, -0.15) is 0 Å². The van der Waals surface area contributed by atoms with Crippen LogP contribution in [0, 0.1) is 5.92 Å². The van der Waals surface area contributed by atoms with E-state index in [2.05, 4.69) is 41.4 Å². The molecule has 1 aromatic carbocycles. The molecule has 0 saturated carbocycles. The normalized spacial score (nSPS) is 16.4. The fourth-order valence-electron chi connectivity index (χ4n) is 2.66. The summed E-state index contributed by atoms with van der Waals surface area (Å²) in [7, 11) is 0. The lowest BCUT2D eigenvalue weighted by atomic mass is 9.96. The van der Waals surface area contributed by atoms with E-state index in [1.807, 2.05) is 0 Å². The molecule has 0 bridgehead atoms. The number of primary amides is 1. The van der Waals surface area contributed by atoms with E-state index >= 15 is 0 Å². The third kappa shape index (κ3) is 3.97. The van der Waals surface area contributed by atoms with E-state index in [0.29, 0.717) is 0 Å². The number of carbonyl (C=O) groups is 1. The molecule has 4 nitrogen and oxygen atoms in total. The summed E-state index contributed by atoms with van der Waals surface area (Å²) in [5, 5.41) is 3.40. The second-order valence-electron chi connectivity index (χ2n) is 5.51. The third-order valence-corrected chi connectivity index (χ3v) is 3.95. The molecule has 1 aliphatic rings. The molecule has 0 atom stereocenters. The zero-order valence-corrected chi connectivity index (χ0v) is 12.3. The molecule has 1 fully saturated rings. The number of benzene rings is 1. The maximum atomic E-state index is 11.2. The van der Waals surface area contributed by atoms with Gasteiger partial charge in [-0.15, -0.1) is 0 Å². The van der Waals surface area contributed by atoms with Crippen LogP contribution in [0.25, 0.3) is 0 Å². The van der Waals surface area contributed by atoms with Crippen molar-refractivity contribution in [3.8, 4) is 0 Å². The minimum absolute atomic E-state index is 0.0590. The Kier molecular flexibility index (Phi) is 5.41. The van der Waals surface area contributed by atoms with E-state index in [-0.39, 0.29) is 11.8 Å². The molecule has 1 aromatic rings. The van der Waals surface area contributed by atoms with Gasteiger partial charge in [0.05, 0.1) is 0 Å². The molecular formula is C16H25N3O. The van der Waals surface area contributed by atoms with Crippen LogP contribution >= 0.6 is 0 Å². The number of hydrogen-bond acceptors (Lipinski definition) is 3. The van der Waals surface area contributed by atoms with Gasteiger partial charge in [-0.05, 0) is 43.5 Å². The van der Waals surface area contributed by atoms with Crippen LogP contribution in [0.4, 0.5) is 5.69 Å². The molecule has 2 rings (SSSR count). The maximum Gasteiger partial charge on any atom is 0.220 e. The lowest BCUT2D eigenvalue weighted by Gasteiger charge is -2.32. The van der Waals surface area contributed by atoms with Gasteiger partial charge in [0.25, 0.3) is 0 Å². The Hall–Kier alpha value is -1.55. The van der Waals surface area contributed by atoms with Crippen LogP contribution in [0.2, 0.25) is 0 Å². The Morgan fingerprint density at radius 2 is 1.95 bits per heavy atom. The van der Waals surface area contributed by atoms with E-state index in [9.17, 15) is 4.79 Å². The molecule has 1 heterocycles. The molecule has 0 aliphatic carbocycles. The molecule has 0 spiro atoms. The second-order valence-corrected chi connectivity index (χ2v) is 5.51. The largest absolute Gasteiger partial charge is 0.371 e. The summed E-state index contributed by atoms with van der Waals surface area (Å²) in [6.07, 6.45) is 2.90. The SMILES string of the molecule is CCCNCc1ccc(N2CCC(C(N)=O)CC2)cc1. The lowest BCUT2D eigenvalue weighted by molar-refractivity contribution is -0.122. The quantitative estimate of drug-likeness (QED) is 0.779. The van der Waals surface area contributed by atoms with Crippen molar-refractivity contribution in [1.82, 2.24) is 5.32 Å². The zero-order chi connectivity index (χ0) is 14.4. The predicted molar refractivity (Wildman–Crippen MR) is 82.6 cm³/mol. The van der Waals surface area contributed by atoms with Crippen LogP contribution in [0.5, 0.6) is 0 Å². The van der Waals surface area contributed by atoms with Gasteiger partial charge in [-0.1, -0.05) is 19.1 Å². The summed E-state index contributed by atoms with van der Waals surface area (Å²) in [5.74, 6) is -0.0919. The van der Waals surface area contributed by atoms with E-state index < -0.39 is 0 Å². The molecule has 0 aromatic heterocycles. The lowest BCUT2D eigenvalue weighted by Crippen LogP contribution is -2.38. The first kappa shape index (κ1) is 14.9. The van der Waals surface area contributed by atoms with Crippen LogP contribution in [-0.2, 0) is 11.3 Å². The summed E-state index contributed by atoms with van der Waals surface area (Å²) in [6, 6.07) is 8.71. The smallest absolute Gasteiger partial charge is 0.220 e. The molecule has 1 aliphatic heterocycles. The number of nitrogens with two attached hydrogens (primary N) is 1. The summed E-state index contributed by atoms with van der Waals surface area (Å²) in [4.78, 5) is 13.5. The number of piperidine rings is 1. The van der Waals surface area contributed by atoms with Gasteiger partial charge in [0, 0.05) is 31.2 Å². The molecule has 20 heavy (non-hydrogen) atoms. The highest BCUT2D eigenvalue weighted by Crippen LogP contribution is 2.23. The van der Waals surface area contributed by atoms with E-state index in [4.69, 9.17) is 5.73 Å². The number of hydrogen-bond donors (Lipinski definition) is 2. The van der Waals surface area contributed by atoms with Gasteiger partial charge in [-0.25, -0.2) is 0 Å². The molecule has 1 saturated heterocycles. The number of nitrogens with one attached hydrogen (secondary N) is 1. The topological polar surface area (TPSA) is 58.4 Å².